The Balaban J connectivity index is 2.11. The molecule has 0 spiro atoms. The molecule has 1 aromatic heterocycles. The van der Waals surface area contributed by atoms with E-state index in [1.54, 1.807) is 7.11 Å². The minimum Gasteiger partial charge on any atom is -0.385 e. The molecule has 2 rings (SSSR count). The van der Waals surface area contributed by atoms with Gasteiger partial charge in [-0.2, -0.15) is 0 Å². The summed E-state index contributed by atoms with van der Waals surface area (Å²) in [5.41, 5.74) is 1.19. The fraction of sp³-hybridized carbons (Fsp3) is 0.750. The monoisotopic (exact) mass is 311 g/mol. The smallest absolute Gasteiger partial charge is 0.137 e. The van der Waals surface area contributed by atoms with E-state index in [1.807, 2.05) is 6.92 Å². The Labute approximate surface area is 132 Å². The topological polar surface area (TPSA) is 47.0 Å². The van der Waals surface area contributed by atoms with Gasteiger partial charge in [0, 0.05) is 31.2 Å². The van der Waals surface area contributed by atoms with Crippen molar-refractivity contribution >= 4 is 17.4 Å². The molecule has 0 aliphatic heterocycles. The molecule has 5 heteroatoms. The average molecular weight is 312 g/mol. The maximum atomic E-state index is 6.26. The molecule has 1 aliphatic carbocycles. The van der Waals surface area contributed by atoms with Crippen LogP contribution in [0.1, 0.15) is 51.4 Å². The van der Waals surface area contributed by atoms with Crippen LogP contribution in [0.3, 0.4) is 0 Å². The van der Waals surface area contributed by atoms with Gasteiger partial charge in [-0.3, -0.25) is 0 Å². The number of nitrogens with one attached hydrogen (secondary N) is 1. The van der Waals surface area contributed by atoms with Gasteiger partial charge in [0.25, 0.3) is 0 Å². The molecule has 1 fully saturated rings. The van der Waals surface area contributed by atoms with Crippen LogP contribution in [0, 0.1) is 12.3 Å². The molecule has 1 N–H and O–H groups in total. The third-order valence-electron chi connectivity index (χ3n) is 4.18. The normalized spacial score (nSPS) is 16.9. The summed E-state index contributed by atoms with van der Waals surface area (Å²) in [4.78, 5) is 9.09. The molecular weight excluding hydrogens is 286 g/mol. The van der Waals surface area contributed by atoms with Gasteiger partial charge in [-0.1, -0.05) is 32.4 Å². The number of rotatable bonds is 6. The molecule has 1 aliphatic rings. The Hall–Kier alpha value is -0.870. The largest absolute Gasteiger partial charge is 0.385 e. The van der Waals surface area contributed by atoms with Crippen molar-refractivity contribution in [1.29, 1.82) is 0 Å². The molecule has 4 nitrogen and oxygen atoms in total. The second-order valence-electron chi connectivity index (χ2n) is 7.16. The molecule has 0 unspecified atom stereocenters. The minimum atomic E-state index is -0.110. The van der Waals surface area contributed by atoms with Crippen LogP contribution in [0.5, 0.6) is 0 Å². The lowest BCUT2D eigenvalue weighted by Crippen LogP contribution is -2.21. The van der Waals surface area contributed by atoms with Crippen molar-refractivity contribution < 1.29 is 4.74 Å². The van der Waals surface area contributed by atoms with Crippen molar-refractivity contribution in [2.24, 2.45) is 5.41 Å². The number of nitrogens with zero attached hydrogens (tertiary/aromatic N) is 2. The third-order valence-corrected chi connectivity index (χ3v) is 4.55. The van der Waals surface area contributed by atoms with E-state index in [0.29, 0.717) is 10.6 Å². The number of ether oxygens (including phenoxy) is 1. The van der Waals surface area contributed by atoms with Gasteiger partial charge in [0.15, 0.2) is 0 Å². The lowest BCUT2D eigenvalue weighted by Gasteiger charge is -2.21. The number of halogens is 1. The molecule has 1 heterocycles. The zero-order valence-electron chi connectivity index (χ0n) is 13.7. The van der Waals surface area contributed by atoms with E-state index >= 15 is 0 Å². The van der Waals surface area contributed by atoms with Gasteiger partial charge in [0.05, 0.1) is 0 Å². The van der Waals surface area contributed by atoms with Crippen LogP contribution in [0.15, 0.2) is 0 Å². The van der Waals surface area contributed by atoms with Crippen LogP contribution in [-0.2, 0) is 10.2 Å². The summed E-state index contributed by atoms with van der Waals surface area (Å²) >= 11 is 6.26. The average Bonchev–Trinajstić information content (AvgIpc) is 3.17. The van der Waals surface area contributed by atoms with Crippen molar-refractivity contribution in [2.45, 2.75) is 52.4 Å². The minimum absolute atomic E-state index is 0.110. The van der Waals surface area contributed by atoms with Crippen LogP contribution in [0.4, 0.5) is 5.82 Å². The highest BCUT2D eigenvalue weighted by molar-refractivity contribution is 6.30. The second-order valence-corrected chi connectivity index (χ2v) is 7.52. The van der Waals surface area contributed by atoms with Gasteiger partial charge < -0.3 is 10.1 Å². The first kappa shape index (κ1) is 16.5. The molecule has 0 atom stereocenters. The number of methoxy groups -OCH3 is 1. The summed E-state index contributed by atoms with van der Waals surface area (Å²) in [6.07, 6.45) is 3.61. The first-order valence-corrected chi connectivity index (χ1v) is 7.93. The maximum absolute atomic E-state index is 6.26. The van der Waals surface area contributed by atoms with E-state index in [-0.39, 0.29) is 5.41 Å². The number of anilines is 1. The van der Waals surface area contributed by atoms with E-state index in [2.05, 4.69) is 36.1 Å². The second kappa shape index (κ2) is 6.09. The van der Waals surface area contributed by atoms with Crippen LogP contribution in [0.25, 0.3) is 0 Å². The molecule has 118 valence electrons. The van der Waals surface area contributed by atoms with E-state index in [9.17, 15) is 0 Å². The van der Waals surface area contributed by atoms with Crippen molar-refractivity contribution in [3.05, 3.63) is 16.5 Å². The van der Waals surface area contributed by atoms with Gasteiger partial charge in [-0.25, -0.2) is 9.97 Å². The van der Waals surface area contributed by atoms with E-state index in [4.69, 9.17) is 16.3 Å². The summed E-state index contributed by atoms with van der Waals surface area (Å²) in [7, 11) is 1.76. The highest BCUT2D eigenvalue weighted by Gasteiger charge is 2.41. The summed E-state index contributed by atoms with van der Waals surface area (Å²) in [5.74, 6) is 1.64. The van der Waals surface area contributed by atoms with Crippen LogP contribution in [0.2, 0.25) is 5.15 Å². The van der Waals surface area contributed by atoms with Crippen molar-refractivity contribution in [3.8, 4) is 0 Å². The van der Waals surface area contributed by atoms with Gasteiger partial charge in [0.2, 0.25) is 0 Å². The van der Waals surface area contributed by atoms with Gasteiger partial charge in [0.1, 0.15) is 16.8 Å². The Morgan fingerprint density at radius 3 is 2.48 bits per heavy atom. The predicted octanol–water partition coefficient (Wildman–Crippen LogP) is 3.96. The standard InChI is InChI=1S/C16H26ClN3O/c1-11-12(17)19-14(15(2,3)4)20-13(11)18-10-16(6-7-16)8-9-21-5/h6-10H2,1-5H3,(H,18,19,20). The molecule has 0 amide bonds. The first-order chi connectivity index (χ1) is 9.77. The number of aromatic nitrogens is 2. The van der Waals surface area contributed by atoms with E-state index in [1.165, 1.54) is 12.8 Å². The quantitative estimate of drug-likeness (QED) is 0.808. The lowest BCUT2D eigenvalue weighted by molar-refractivity contribution is 0.175. The Morgan fingerprint density at radius 1 is 1.29 bits per heavy atom. The Bertz CT molecular complexity index is 507. The molecule has 0 aromatic carbocycles. The van der Waals surface area contributed by atoms with Crippen LogP contribution >= 0.6 is 11.6 Å². The molecule has 1 saturated carbocycles. The fourth-order valence-electron chi connectivity index (χ4n) is 2.28. The summed E-state index contributed by atoms with van der Waals surface area (Å²) in [6, 6.07) is 0. The SMILES string of the molecule is COCCC1(CNc2nc(C(C)(C)C)nc(Cl)c2C)CC1. The molecular formula is C16H26ClN3O. The summed E-state index contributed by atoms with van der Waals surface area (Å²) in [6.45, 7) is 9.99. The summed E-state index contributed by atoms with van der Waals surface area (Å²) < 4.78 is 5.20. The molecule has 0 radical (unpaired) electrons. The van der Waals surface area contributed by atoms with Crippen molar-refractivity contribution in [3.63, 3.8) is 0 Å². The van der Waals surface area contributed by atoms with Crippen LogP contribution in [-0.4, -0.2) is 30.2 Å². The Kier molecular flexibility index (Phi) is 4.79. The zero-order chi connectivity index (χ0) is 15.7. The predicted molar refractivity (Wildman–Crippen MR) is 87.1 cm³/mol. The number of hydrogen-bond donors (Lipinski definition) is 1. The van der Waals surface area contributed by atoms with E-state index < -0.39 is 0 Å². The lowest BCUT2D eigenvalue weighted by atomic mass is 9.95. The maximum Gasteiger partial charge on any atom is 0.137 e. The molecule has 0 bridgehead atoms. The van der Waals surface area contributed by atoms with Gasteiger partial charge in [-0.05, 0) is 31.6 Å². The van der Waals surface area contributed by atoms with E-state index in [0.717, 1.165) is 36.8 Å². The number of hydrogen-bond acceptors (Lipinski definition) is 4. The Morgan fingerprint density at radius 2 is 1.95 bits per heavy atom. The molecule has 1 aromatic rings. The van der Waals surface area contributed by atoms with Crippen molar-refractivity contribution in [2.75, 3.05) is 25.6 Å². The third kappa shape index (κ3) is 4.07. The zero-order valence-corrected chi connectivity index (χ0v) is 14.5. The molecule has 21 heavy (non-hydrogen) atoms. The highest BCUT2D eigenvalue weighted by Crippen LogP contribution is 2.48. The highest BCUT2D eigenvalue weighted by atomic mass is 35.5. The molecule has 0 saturated heterocycles. The summed E-state index contributed by atoms with van der Waals surface area (Å²) in [5, 5.41) is 4.03. The van der Waals surface area contributed by atoms with Crippen molar-refractivity contribution in [1.82, 2.24) is 9.97 Å². The van der Waals surface area contributed by atoms with Crippen LogP contribution < -0.4 is 5.32 Å². The fourth-order valence-corrected chi connectivity index (χ4v) is 2.45. The first-order valence-electron chi connectivity index (χ1n) is 7.55. The van der Waals surface area contributed by atoms with Gasteiger partial charge in [-0.15, -0.1) is 0 Å². The van der Waals surface area contributed by atoms with Gasteiger partial charge >= 0.3 is 0 Å².